The third-order valence-corrected chi connectivity index (χ3v) is 8.69. The van der Waals surface area contributed by atoms with E-state index < -0.39 is 34.9 Å². The number of carbonyl (C=O) groups is 3. The Morgan fingerprint density at radius 2 is 1.71 bits per heavy atom. The lowest BCUT2D eigenvalue weighted by Crippen LogP contribution is -2.59. The van der Waals surface area contributed by atoms with E-state index in [1.165, 1.54) is 16.7 Å². The van der Waals surface area contributed by atoms with Gasteiger partial charge in [-0.2, -0.15) is 0 Å². The molecule has 1 aliphatic heterocycles. The molecule has 1 heterocycles. The summed E-state index contributed by atoms with van der Waals surface area (Å²) in [5.74, 6) is -0.636. The molecular formula is C32H38N4O4S. The summed E-state index contributed by atoms with van der Waals surface area (Å²) in [6, 6.07) is 22.3. The molecule has 216 valence electrons. The first-order valence-corrected chi connectivity index (χ1v) is 14.7. The van der Waals surface area contributed by atoms with Gasteiger partial charge in [0.05, 0.1) is 11.9 Å². The number of nitrogens with zero attached hydrogens (tertiary/aromatic N) is 1. The van der Waals surface area contributed by atoms with Gasteiger partial charge in [0.2, 0.25) is 5.91 Å². The molecule has 9 heteroatoms. The number of aliphatic hydroxyl groups excluding tert-OH is 1. The van der Waals surface area contributed by atoms with Crippen LogP contribution in [-0.2, 0) is 22.6 Å². The Labute approximate surface area is 245 Å². The van der Waals surface area contributed by atoms with Gasteiger partial charge in [0.15, 0.2) is 6.10 Å². The number of anilines is 1. The number of hydrogen-bond acceptors (Lipinski definition) is 5. The summed E-state index contributed by atoms with van der Waals surface area (Å²) in [5.41, 5.74) is 4.50. The van der Waals surface area contributed by atoms with Crippen molar-refractivity contribution >= 4 is 35.3 Å². The first-order valence-electron chi connectivity index (χ1n) is 13.7. The van der Waals surface area contributed by atoms with Gasteiger partial charge < -0.3 is 26.0 Å². The fourth-order valence-electron chi connectivity index (χ4n) is 5.01. The molecule has 3 aromatic carbocycles. The van der Waals surface area contributed by atoms with Gasteiger partial charge in [-0.3, -0.25) is 9.59 Å². The Balaban J connectivity index is 1.51. The quantitative estimate of drug-likeness (QED) is 0.303. The van der Waals surface area contributed by atoms with Gasteiger partial charge in [-0.25, -0.2) is 4.79 Å². The summed E-state index contributed by atoms with van der Waals surface area (Å²) in [5, 5.41) is 20.0. The van der Waals surface area contributed by atoms with E-state index in [2.05, 4.69) is 16.0 Å². The van der Waals surface area contributed by atoms with E-state index >= 15 is 0 Å². The molecule has 0 unspecified atom stereocenters. The molecule has 0 bridgehead atoms. The summed E-state index contributed by atoms with van der Waals surface area (Å²) in [7, 11) is 0. The van der Waals surface area contributed by atoms with Crippen molar-refractivity contribution in [3.63, 3.8) is 0 Å². The molecule has 3 atom stereocenters. The minimum absolute atomic E-state index is 0.226. The minimum Gasteiger partial charge on any atom is -0.381 e. The summed E-state index contributed by atoms with van der Waals surface area (Å²) in [6.07, 6.45) is -1.34. The predicted octanol–water partition coefficient (Wildman–Crippen LogP) is 4.39. The molecule has 0 aromatic heterocycles. The number of aliphatic hydroxyl groups is 1. The lowest BCUT2D eigenvalue weighted by Gasteiger charge is -2.33. The number of carbonyl (C=O) groups excluding carboxylic acids is 3. The Morgan fingerprint density at radius 3 is 2.41 bits per heavy atom. The fraction of sp³-hybridized carbons (Fsp3) is 0.344. The normalized spacial score (nSPS) is 17.4. The van der Waals surface area contributed by atoms with Gasteiger partial charge >= 0.3 is 6.03 Å². The van der Waals surface area contributed by atoms with Crippen molar-refractivity contribution < 1.29 is 19.5 Å². The molecule has 0 spiro atoms. The standard InChI is InChI=1S/C32H38N4O4S/c1-21-11-10-16-25(17-21)34-31(40)35-26(18-23-13-6-5-7-14-23)27(37)30(39)36-20-41-32(3,4)28(36)29(38)33-19-24-15-9-8-12-22(24)2/h5-17,26-28,37H,18-20H2,1-4H3,(H,33,38)(H2,34,35,40)/t26-,27-,28+/m0/s1. The molecule has 4 amide bonds. The van der Waals surface area contributed by atoms with Gasteiger partial charge in [0.1, 0.15) is 6.04 Å². The highest BCUT2D eigenvalue weighted by Gasteiger charge is 2.49. The van der Waals surface area contributed by atoms with Crippen molar-refractivity contribution in [1.82, 2.24) is 15.5 Å². The van der Waals surface area contributed by atoms with E-state index in [1.807, 2.05) is 100 Å². The highest BCUT2D eigenvalue weighted by molar-refractivity contribution is 8.00. The lowest BCUT2D eigenvalue weighted by molar-refractivity contribution is -0.147. The first-order chi connectivity index (χ1) is 19.5. The van der Waals surface area contributed by atoms with Crippen molar-refractivity contribution in [2.75, 3.05) is 11.2 Å². The van der Waals surface area contributed by atoms with Crippen LogP contribution in [0.4, 0.5) is 10.5 Å². The van der Waals surface area contributed by atoms with Crippen LogP contribution in [0.25, 0.3) is 0 Å². The third kappa shape index (κ3) is 7.68. The van der Waals surface area contributed by atoms with Crippen LogP contribution in [0, 0.1) is 13.8 Å². The number of benzene rings is 3. The van der Waals surface area contributed by atoms with Gasteiger partial charge in [-0.15, -0.1) is 11.8 Å². The number of thioether (sulfide) groups is 1. The Bertz CT molecular complexity index is 1380. The van der Waals surface area contributed by atoms with Crippen LogP contribution in [0.2, 0.25) is 0 Å². The number of hydrogen-bond donors (Lipinski definition) is 4. The third-order valence-electron chi connectivity index (χ3n) is 7.32. The molecular weight excluding hydrogens is 536 g/mol. The molecule has 0 saturated carbocycles. The number of rotatable bonds is 9. The van der Waals surface area contributed by atoms with Crippen LogP contribution in [0.3, 0.4) is 0 Å². The van der Waals surface area contributed by atoms with Crippen molar-refractivity contribution in [2.45, 2.75) is 63.6 Å². The topological polar surface area (TPSA) is 111 Å². The van der Waals surface area contributed by atoms with Crippen LogP contribution in [-0.4, -0.2) is 56.7 Å². The predicted molar refractivity (Wildman–Crippen MR) is 163 cm³/mol. The molecule has 8 nitrogen and oxygen atoms in total. The van der Waals surface area contributed by atoms with E-state index in [4.69, 9.17) is 0 Å². The zero-order chi connectivity index (χ0) is 29.6. The van der Waals surface area contributed by atoms with Gasteiger partial charge in [0, 0.05) is 17.0 Å². The summed E-state index contributed by atoms with van der Waals surface area (Å²) < 4.78 is -0.573. The average molecular weight is 575 g/mol. The van der Waals surface area contributed by atoms with Crippen LogP contribution >= 0.6 is 11.8 Å². The maximum Gasteiger partial charge on any atom is 0.319 e. The zero-order valence-corrected chi connectivity index (χ0v) is 24.7. The average Bonchev–Trinajstić information content (AvgIpc) is 3.26. The second kappa shape index (κ2) is 13.2. The van der Waals surface area contributed by atoms with Gasteiger partial charge in [0.25, 0.3) is 5.91 Å². The van der Waals surface area contributed by atoms with E-state index in [1.54, 1.807) is 6.07 Å². The number of aryl methyl sites for hydroxylation is 2. The van der Waals surface area contributed by atoms with Gasteiger partial charge in [-0.05, 0) is 68.5 Å². The molecule has 0 aliphatic carbocycles. The van der Waals surface area contributed by atoms with Gasteiger partial charge in [-0.1, -0.05) is 66.7 Å². The molecule has 4 rings (SSSR count). The SMILES string of the molecule is Cc1cccc(NC(=O)N[C@@H](Cc2ccccc2)[C@H](O)C(=O)N2CSC(C)(C)[C@H]2C(=O)NCc2ccccc2C)c1. The van der Waals surface area contributed by atoms with Crippen molar-refractivity contribution in [1.29, 1.82) is 0 Å². The molecule has 4 N–H and O–H groups in total. The smallest absolute Gasteiger partial charge is 0.319 e. The van der Waals surface area contributed by atoms with Crippen LogP contribution in [0.15, 0.2) is 78.9 Å². The van der Waals surface area contributed by atoms with Crippen LogP contribution in [0.1, 0.15) is 36.1 Å². The summed E-state index contributed by atoms with van der Waals surface area (Å²) in [6.45, 7) is 8.09. The molecule has 1 fully saturated rings. The lowest BCUT2D eigenvalue weighted by atomic mass is 9.97. The second-order valence-electron chi connectivity index (χ2n) is 10.9. The van der Waals surface area contributed by atoms with Crippen LogP contribution in [0.5, 0.6) is 0 Å². The van der Waals surface area contributed by atoms with Crippen LogP contribution < -0.4 is 16.0 Å². The summed E-state index contributed by atoms with van der Waals surface area (Å²) >= 11 is 1.48. The fourth-order valence-corrected chi connectivity index (χ4v) is 6.15. The molecule has 1 saturated heterocycles. The number of nitrogens with one attached hydrogen (secondary N) is 3. The van der Waals surface area contributed by atoms with E-state index in [0.717, 1.165) is 22.3 Å². The van der Waals surface area contributed by atoms with Crippen molar-refractivity contribution in [3.8, 4) is 0 Å². The minimum atomic E-state index is -1.57. The molecule has 1 aliphatic rings. The second-order valence-corrected chi connectivity index (χ2v) is 12.5. The van der Waals surface area contributed by atoms with Crippen molar-refractivity contribution in [3.05, 3.63) is 101 Å². The number of amides is 4. The van der Waals surface area contributed by atoms with Crippen molar-refractivity contribution in [2.24, 2.45) is 0 Å². The van der Waals surface area contributed by atoms with E-state index in [9.17, 15) is 19.5 Å². The summed E-state index contributed by atoms with van der Waals surface area (Å²) in [4.78, 5) is 41.7. The zero-order valence-electron chi connectivity index (χ0n) is 23.9. The van der Waals surface area contributed by atoms with E-state index in [0.29, 0.717) is 12.2 Å². The molecule has 41 heavy (non-hydrogen) atoms. The Kier molecular flexibility index (Phi) is 9.73. The van der Waals surface area contributed by atoms with E-state index in [-0.39, 0.29) is 18.2 Å². The maximum absolute atomic E-state index is 13.8. The molecule has 3 aromatic rings. The highest BCUT2D eigenvalue weighted by Crippen LogP contribution is 2.40. The maximum atomic E-state index is 13.8. The monoisotopic (exact) mass is 574 g/mol. The number of urea groups is 1. The first kappa shape index (κ1) is 30.1. The highest BCUT2D eigenvalue weighted by atomic mass is 32.2. The Hall–Kier alpha value is -3.82. The largest absolute Gasteiger partial charge is 0.381 e. The molecule has 0 radical (unpaired) electrons. The Morgan fingerprint density at radius 1 is 1.00 bits per heavy atom.